The summed E-state index contributed by atoms with van der Waals surface area (Å²) in [6.45, 7) is 6.07. The monoisotopic (exact) mass is 600 g/mol. The molecule has 2 aromatic carbocycles. The lowest BCUT2D eigenvalue weighted by Gasteiger charge is -2.06. The maximum absolute atomic E-state index is 5.92. The van der Waals surface area contributed by atoms with E-state index in [9.17, 15) is 0 Å². The van der Waals surface area contributed by atoms with Crippen molar-refractivity contribution in [2.75, 3.05) is 13.2 Å². The fourth-order valence-electron chi connectivity index (χ4n) is 4.72. The number of rotatable bonds is 16. The Bertz CT molecular complexity index is 1350. The fourth-order valence-corrected chi connectivity index (χ4v) is 7.93. The summed E-state index contributed by atoms with van der Waals surface area (Å²) in [6, 6.07) is 30.6. The van der Waals surface area contributed by atoms with Crippen LogP contribution in [0, 0.1) is 0 Å². The van der Waals surface area contributed by atoms with E-state index >= 15 is 0 Å². The Balaban J connectivity index is 1.17. The van der Waals surface area contributed by atoms with Crippen molar-refractivity contribution in [3.63, 3.8) is 0 Å². The molecular formula is C36H40O2S3. The number of thiophene rings is 3. The third kappa shape index (κ3) is 8.34. The van der Waals surface area contributed by atoms with Gasteiger partial charge in [-0.15, -0.1) is 34.0 Å². The fraction of sp³-hybridized carbons (Fsp3) is 0.333. The van der Waals surface area contributed by atoms with Crippen molar-refractivity contribution < 1.29 is 9.47 Å². The lowest BCUT2D eigenvalue weighted by molar-refractivity contribution is 0.305. The Kier molecular flexibility index (Phi) is 11.1. The van der Waals surface area contributed by atoms with Crippen LogP contribution in [-0.4, -0.2) is 13.2 Å². The minimum atomic E-state index is 0.801. The van der Waals surface area contributed by atoms with Crippen LogP contribution in [-0.2, 0) is 0 Å². The highest BCUT2D eigenvalue weighted by atomic mass is 32.1. The van der Waals surface area contributed by atoms with Crippen LogP contribution < -0.4 is 9.47 Å². The highest BCUT2D eigenvalue weighted by Crippen LogP contribution is 2.43. The van der Waals surface area contributed by atoms with Gasteiger partial charge in [0.2, 0.25) is 0 Å². The number of unbranched alkanes of at least 4 members (excludes halogenated alkanes) is 6. The van der Waals surface area contributed by atoms with Crippen LogP contribution in [0.1, 0.15) is 65.2 Å². The molecule has 0 radical (unpaired) electrons. The van der Waals surface area contributed by atoms with E-state index in [1.807, 2.05) is 34.0 Å². The lowest BCUT2D eigenvalue weighted by Crippen LogP contribution is -1.96. The molecule has 0 N–H and O–H groups in total. The average molecular weight is 601 g/mol. The van der Waals surface area contributed by atoms with Crippen LogP contribution in [0.4, 0.5) is 0 Å². The molecule has 5 aromatic rings. The van der Waals surface area contributed by atoms with E-state index in [-0.39, 0.29) is 0 Å². The summed E-state index contributed by atoms with van der Waals surface area (Å²) in [4.78, 5) is 7.84. The van der Waals surface area contributed by atoms with Crippen LogP contribution in [0.3, 0.4) is 0 Å². The highest BCUT2D eigenvalue weighted by molar-refractivity contribution is 7.27. The zero-order valence-electron chi connectivity index (χ0n) is 24.2. The summed E-state index contributed by atoms with van der Waals surface area (Å²) in [5.74, 6) is 1.92. The normalized spacial score (nSPS) is 11.2. The third-order valence-corrected chi connectivity index (χ3v) is 10.9. The zero-order chi connectivity index (χ0) is 28.3. The maximum atomic E-state index is 5.92. The minimum Gasteiger partial charge on any atom is -0.494 e. The SMILES string of the molecule is CCCCCCOc1ccc(-c2ccc(-c3ccc(-c4ccc(-c5ccc(OCCCCCC)cc5)s4)s3)s2)cc1. The molecule has 0 unspecified atom stereocenters. The van der Waals surface area contributed by atoms with Gasteiger partial charge < -0.3 is 9.47 Å². The van der Waals surface area contributed by atoms with Crippen molar-refractivity contribution in [2.24, 2.45) is 0 Å². The van der Waals surface area contributed by atoms with Crippen LogP contribution in [0.5, 0.6) is 11.5 Å². The van der Waals surface area contributed by atoms with Crippen LogP contribution in [0.25, 0.3) is 40.4 Å². The molecule has 0 fully saturated rings. The molecule has 0 saturated carbocycles. The van der Waals surface area contributed by atoms with Crippen molar-refractivity contribution >= 4 is 34.0 Å². The van der Waals surface area contributed by atoms with Crippen molar-refractivity contribution in [1.82, 2.24) is 0 Å². The van der Waals surface area contributed by atoms with Crippen LogP contribution in [0.2, 0.25) is 0 Å². The molecule has 0 atom stereocenters. The van der Waals surface area contributed by atoms with E-state index in [2.05, 4.69) is 98.8 Å². The predicted octanol–water partition coefficient (Wildman–Crippen LogP) is 12.5. The molecule has 5 rings (SSSR count). The van der Waals surface area contributed by atoms with Gasteiger partial charge in [-0.3, -0.25) is 0 Å². The predicted molar refractivity (Wildman–Crippen MR) is 181 cm³/mol. The second-order valence-corrected chi connectivity index (χ2v) is 13.6. The summed E-state index contributed by atoms with van der Waals surface area (Å²) in [7, 11) is 0. The standard InChI is InChI=1S/C36H40O2S3/c1-3-5-7-9-25-37-29-15-11-27(12-16-29)31-19-21-33(39-31)35-23-24-36(41-35)34-22-20-32(40-34)28-13-17-30(18-14-28)38-26-10-8-6-4-2/h11-24H,3-10,25-26H2,1-2H3. The van der Waals surface area contributed by atoms with Gasteiger partial charge in [-0.05, 0) is 109 Å². The largest absolute Gasteiger partial charge is 0.494 e. The molecule has 0 aliphatic rings. The molecule has 3 heterocycles. The summed E-state index contributed by atoms with van der Waals surface area (Å²) in [5.41, 5.74) is 2.49. The van der Waals surface area contributed by atoms with Gasteiger partial charge in [0.25, 0.3) is 0 Å². The molecule has 0 bridgehead atoms. The summed E-state index contributed by atoms with van der Waals surface area (Å²) in [6.07, 6.45) is 9.82. The van der Waals surface area contributed by atoms with E-state index in [4.69, 9.17) is 9.47 Å². The quantitative estimate of drug-likeness (QED) is 0.105. The Morgan fingerprint density at radius 1 is 0.390 bits per heavy atom. The smallest absolute Gasteiger partial charge is 0.119 e. The molecule has 3 aromatic heterocycles. The van der Waals surface area contributed by atoms with Crippen LogP contribution in [0.15, 0.2) is 84.9 Å². The number of ether oxygens (including phenoxy) is 2. The summed E-state index contributed by atoms with van der Waals surface area (Å²) < 4.78 is 11.8. The molecule has 0 spiro atoms. The Morgan fingerprint density at radius 3 is 1.10 bits per heavy atom. The van der Waals surface area contributed by atoms with Crippen molar-refractivity contribution in [1.29, 1.82) is 0 Å². The van der Waals surface area contributed by atoms with Gasteiger partial charge >= 0.3 is 0 Å². The Labute approximate surface area is 257 Å². The minimum absolute atomic E-state index is 0.801. The van der Waals surface area contributed by atoms with Gasteiger partial charge in [0, 0.05) is 29.3 Å². The first-order chi connectivity index (χ1) is 20.2. The van der Waals surface area contributed by atoms with Gasteiger partial charge in [0.15, 0.2) is 0 Å². The van der Waals surface area contributed by atoms with Gasteiger partial charge in [-0.25, -0.2) is 0 Å². The number of benzene rings is 2. The first kappa shape index (κ1) is 29.6. The van der Waals surface area contributed by atoms with Crippen molar-refractivity contribution in [2.45, 2.75) is 65.2 Å². The van der Waals surface area contributed by atoms with E-state index < -0.39 is 0 Å². The molecule has 5 heteroatoms. The summed E-state index contributed by atoms with van der Waals surface area (Å²) in [5, 5.41) is 0. The second kappa shape index (κ2) is 15.4. The first-order valence-electron chi connectivity index (χ1n) is 15.0. The van der Waals surface area contributed by atoms with E-state index in [0.717, 1.165) is 37.6 Å². The first-order valence-corrected chi connectivity index (χ1v) is 17.4. The third-order valence-electron chi connectivity index (χ3n) is 7.11. The molecule has 0 saturated heterocycles. The average Bonchev–Trinajstić information content (AvgIpc) is 3.79. The Morgan fingerprint density at radius 2 is 0.732 bits per heavy atom. The molecule has 2 nitrogen and oxygen atoms in total. The lowest BCUT2D eigenvalue weighted by atomic mass is 10.2. The summed E-state index contributed by atoms with van der Waals surface area (Å²) >= 11 is 5.58. The van der Waals surface area contributed by atoms with Gasteiger partial charge in [-0.2, -0.15) is 0 Å². The molecule has 0 amide bonds. The Hall–Kier alpha value is -2.86. The second-order valence-electron chi connectivity index (χ2n) is 10.4. The van der Waals surface area contributed by atoms with E-state index in [1.54, 1.807) is 0 Å². The van der Waals surface area contributed by atoms with Crippen LogP contribution >= 0.6 is 34.0 Å². The molecule has 0 aliphatic carbocycles. The molecule has 41 heavy (non-hydrogen) atoms. The van der Waals surface area contributed by atoms with Crippen molar-refractivity contribution in [3.8, 4) is 51.9 Å². The number of hydrogen-bond acceptors (Lipinski definition) is 5. The van der Waals surface area contributed by atoms with E-state index in [1.165, 1.54) is 78.9 Å². The molecule has 214 valence electrons. The maximum Gasteiger partial charge on any atom is 0.119 e. The molecular weight excluding hydrogens is 561 g/mol. The van der Waals surface area contributed by atoms with Gasteiger partial charge in [0.1, 0.15) is 11.5 Å². The van der Waals surface area contributed by atoms with Gasteiger partial charge in [0.05, 0.1) is 13.2 Å². The molecule has 0 aliphatic heterocycles. The topological polar surface area (TPSA) is 18.5 Å². The van der Waals surface area contributed by atoms with E-state index in [0.29, 0.717) is 0 Å². The zero-order valence-corrected chi connectivity index (χ0v) is 26.6. The van der Waals surface area contributed by atoms with Gasteiger partial charge in [-0.1, -0.05) is 52.4 Å². The number of hydrogen-bond donors (Lipinski definition) is 0. The van der Waals surface area contributed by atoms with Crippen molar-refractivity contribution in [3.05, 3.63) is 84.9 Å². The highest BCUT2D eigenvalue weighted by Gasteiger charge is 2.12.